The Morgan fingerprint density at radius 2 is 2.27 bits per heavy atom. The Hall–Kier alpha value is -0.930. The average molecular weight is 208 g/mol. The van der Waals surface area contributed by atoms with Gasteiger partial charge in [0.25, 0.3) is 0 Å². The molecular formula is C12H20N2O. The summed E-state index contributed by atoms with van der Waals surface area (Å²) in [5, 5.41) is 3.26. The van der Waals surface area contributed by atoms with Crippen LogP contribution in [0.25, 0.3) is 0 Å². The van der Waals surface area contributed by atoms with Gasteiger partial charge in [0.05, 0.1) is 6.61 Å². The molecule has 0 amide bonds. The summed E-state index contributed by atoms with van der Waals surface area (Å²) in [5.41, 5.74) is 1.10. The number of ether oxygens (including phenoxy) is 1. The Labute approximate surface area is 91.9 Å². The highest BCUT2D eigenvalue weighted by molar-refractivity contribution is 5.03. The van der Waals surface area contributed by atoms with Gasteiger partial charge in [-0.15, -0.1) is 0 Å². The van der Waals surface area contributed by atoms with E-state index in [1.54, 1.807) is 0 Å². The van der Waals surface area contributed by atoms with Gasteiger partial charge in [0.15, 0.2) is 0 Å². The van der Waals surface area contributed by atoms with Crippen LogP contribution in [-0.4, -0.2) is 31.3 Å². The van der Waals surface area contributed by atoms with E-state index in [1.807, 2.05) is 24.4 Å². The van der Waals surface area contributed by atoms with Crippen LogP contribution < -0.4 is 5.32 Å². The lowest BCUT2D eigenvalue weighted by atomic mass is 10.3. The van der Waals surface area contributed by atoms with Crippen molar-refractivity contribution in [2.24, 2.45) is 0 Å². The summed E-state index contributed by atoms with van der Waals surface area (Å²) in [6.45, 7) is 5.79. The van der Waals surface area contributed by atoms with Gasteiger partial charge >= 0.3 is 0 Å². The molecule has 1 aromatic rings. The van der Waals surface area contributed by atoms with E-state index in [9.17, 15) is 0 Å². The lowest BCUT2D eigenvalue weighted by Gasteiger charge is -2.04. The minimum Gasteiger partial charge on any atom is -0.381 e. The number of nitrogens with one attached hydrogen (secondary N) is 1. The van der Waals surface area contributed by atoms with Crippen LogP contribution in [0.4, 0.5) is 0 Å². The van der Waals surface area contributed by atoms with Crippen molar-refractivity contribution in [3.63, 3.8) is 0 Å². The van der Waals surface area contributed by atoms with E-state index in [-0.39, 0.29) is 0 Å². The topological polar surface area (TPSA) is 34.1 Å². The number of pyridine rings is 1. The highest BCUT2D eigenvalue weighted by Crippen LogP contribution is 1.95. The summed E-state index contributed by atoms with van der Waals surface area (Å²) in [4.78, 5) is 4.23. The SMILES string of the molecule is CCNCCCOCCc1ccccn1. The van der Waals surface area contributed by atoms with Crippen LogP contribution in [0.15, 0.2) is 24.4 Å². The van der Waals surface area contributed by atoms with Crippen LogP contribution >= 0.6 is 0 Å². The first-order valence-electron chi connectivity index (χ1n) is 5.62. The van der Waals surface area contributed by atoms with Crippen molar-refractivity contribution < 1.29 is 4.74 Å². The quantitative estimate of drug-likeness (QED) is 0.659. The fourth-order valence-corrected chi connectivity index (χ4v) is 1.30. The number of rotatable bonds is 8. The van der Waals surface area contributed by atoms with Crippen molar-refractivity contribution in [2.75, 3.05) is 26.3 Å². The Morgan fingerprint density at radius 1 is 1.33 bits per heavy atom. The van der Waals surface area contributed by atoms with Crippen LogP contribution in [-0.2, 0) is 11.2 Å². The van der Waals surface area contributed by atoms with Gasteiger partial charge in [-0.2, -0.15) is 0 Å². The van der Waals surface area contributed by atoms with E-state index < -0.39 is 0 Å². The Balaban J connectivity index is 1.93. The Morgan fingerprint density at radius 3 is 3.00 bits per heavy atom. The Bertz CT molecular complexity index is 239. The molecule has 0 aliphatic heterocycles. The second-order valence-corrected chi connectivity index (χ2v) is 3.39. The first-order chi connectivity index (χ1) is 7.43. The van der Waals surface area contributed by atoms with E-state index in [1.165, 1.54) is 0 Å². The molecule has 84 valence electrons. The summed E-state index contributed by atoms with van der Waals surface area (Å²) in [5.74, 6) is 0. The van der Waals surface area contributed by atoms with Crippen molar-refractivity contribution in [3.8, 4) is 0 Å². The van der Waals surface area contributed by atoms with E-state index >= 15 is 0 Å². The molecule has 0 bridgehead atoms. The van der Waals surface area contributed by atoms with Gasteiger partial charge in [-0.25, -0.2) is 0 Å². The number of hydrogen-bond donors (Lipinski definition) is 1. The third-order valence-corrected chi connectivity index (χ3v) is 2.12. The summed E-state index contributed by atoms with van der Waals surface area (Å²) in [6, 6.07) is 5.97. The minimum absolute atomic E-state index is 0.767. The monoisotopic (exact) mass is 208 g/mol. The molecular weight excluding hydrogens is 188 g/mol. The molecule has 0 radical (unpaired) electrons. The molecule has 3 heteroatoms. The lowest BCUT2D eigenvalue weighted by molar-refractivity contribution is 0.134. The van der Waals surface area contributed by atoms with Crippen molar-refractivity contribution in [1.82, 2.24) is 10.3 Å². The average Bonchev–Trinajstić information content (AvgIpc) is 2.29. The van der Waals surface area contributed by atoms with Crippen LogP contribution in [0.1, 0.15) is 19.0 Å². The van der Waals surface area contributed by atoms with Crippen molar-refractivity contribution in [1.29, 1.82) is 0 Å². The van der Waals surface area contributed by atoms with Gasteiger partial charge in [0.2, 0.25) is 0 Å². The minimum atomic E-state index is 0.767. The predicted octanol–water partition coefficient (Wildman–Crippen LogP) is 1.64. The van der Waals surface area contributed by atoms with Crippen LogP contribution in [0.2, 0.25) is 0 Å². The molecule has 1 aromatic heterocycles. The van der Waals surface area contributed by atoms with Gasteiger partial charge in [-0.3, -0.25) is 4.98 Å². The highest BCUT2D eigenvalue weighted by atomic mass is 16.5. The van der Waals surface area contributed by atoms with Gasteiger partial charge in [0.1, 0.15) is 0 Å². The maximum absolute atomic E-state index is 5.50. The highest BCUT2D eigenvalue weighted by Gasteiger charge is 1.93. The van der Waals surface area contributed by atoms with Crippen molar-refractivity contribution in [3.05, 3.63) is 30.1 Å². The molecule has 0 spiro atoms. The molecule has 1 heterocycles. The third kappa shape index (κ3) is 6.20. The fourth-order valence-electron chi connectivity index (χ4n) is 1.30. The molecule has 1 rings (SSSR count). The van der Waals surface area contributed by atoms with E-state index in [2.05, 4.69) is 17.2 Å². The summed E-state index contributed by atoms with van der Waals surface area (Å²) in [7, 11) is 0. The van der Waals surface area contributed by atoms with E-state index in [0.29, 0.717) is 0 Å². The smallest absolute Gasteiger partial charge is 0.0521 e. The molecule has 0 fully saturated rings. The fraction of sp³-hybridized carbons (Fsp3) is 0.583. The number of aromatic nitrogens is 1. The van der Waals surface area contributed by atoms with Crippen LogP contribution in [0.5, 0.6) is 0 Å². The lowest BCUT2D eigenvalue weighted by Crippen LogP contribution is -2.16. The van der Waals surface area contributed by atoms with E-state index in [4.69, 9.17) is 4.74 Å². The van der Waals surface area contributed by atoms with Gasteiger partial charge < -0.3 is 10.1 Å². The van der Waals surface area contributed by atoms with Crippen molar-refractivity contribution >= 4 is 0 Å². The maximum Gasteiger partial charge on any atom is 0.0521 e. The van der Waals surface area contributed by atoms with Gasteiger partial charge in [-0.1, -0.05) is 13.0 Å². The first kappa shape index (κ1) is 12.1. The van der Waals surface area contributed by atoms with E-state index in [0.717, 1.165) is 44.8 Å². The zero-order valence-electron chi connectivity index (χ0n) is 9.41. The number of nitrogens with zero attached hydrogens (tertiary/aromatic N) is 1. The Kier molecular flexibility index (Phi) is 6.79. The standard InChI is InChI=1S/C12H20N2O/c1-2-13-8-5-10-15-11-7-12-6-3-4-9-14-12/h3-4,6,9,13H,2,5,7-8,10-11H2,1H3. The van der Waals surface area contributed by atoms with Crippen LogP contribution in [0, 0.1) is 0 Å². The molecule has 0 aliphatic rings. The molecule has 0 saturated heterocycles. The van der Waals surface area contributed by atoms with Gasteiger partial charge in [0, 0.05) is 24.9 Å². The molecule has 1 N–H and O–H groups in total. The number of hydrogen-bond acceptors (Lipinski definition) is 3. The third-order valence-electron chi connectivity index (χ3n) is 2.12. The van der Waals surface area contributed by atoms with Gasteiger partial charge in [-0.05, 0) is 31.6 Å². The molecule has 0 unspecified atom stereocenters. The summed E-state index contributed by atoms with van der Waals surface area (Å²) < 4.78 is 5.50. The molecule has 15 heavy (non-hydrogen) atoms. The summed E-state index contributed by atoms with van der Waals surface area (Å²) >= 11 is 0. The second-order valence-electron chi connectivity index (χ2n) is 3.39. The largest absolute Gasteiger partial charge is 0.381 e. The molecule has 0 saturated carbocycles. The van der Waals surface area contributed by atoms with Crippen molar-refractivity contribution in [2.45, 2.75) is 19.8 Å². The normalized spacial score (nSPS) is 10.5. The maximum atomic E-state index is 5.50. The summed E-state index contributed by atoms with van der Waals surface area (Å²) in [6.07, 6.45) is 3.80. The zero-order valence-corrected chi connectivity index (χ0v) is 9.41. The molecule has 0 atom stereocenters. The molecule has 3 nitrogen and oxygen atoms in total. The zero-order chi connectivity index (χ0) is 10.8. The molecule has 0 aliphatic carbocycles. The molecule has 0 aromatic carbocycles. The van der Waals surface area contributed by atoms with Crippen LogP contribution in [0.3, 0.4) is 0 Å². The second kappa shape index (κ2) is 8.38. The first-order valence-corrected chi connectivity index (χ1v) is 5.62. The predicted molar refractivity (Wildman–Crippen MR) is 61.9 cm³/mol.